The molecule has 0 atom stereocenters. The summed E-state index contributed by atoms with van der Waals surface area (Å²) < 4.78 is 0. The van der Waals surface area contributed by atoms with Crippen molar-refractivity contribution in [3.05, 3.63) is 0 Å². The summed E-state index contributed by atoms with van der Waals surface area (Å²) in [5, 5.41) is 6.89. The molecule has 0 aliphatic carbocycles. The molecule has 0 aromatic heterocycles. The van der Waals surface area contributed by atoms with E-state index in [1.165, 1.54) is 43.9 Å². The molecule has 0 aliphatic rings. The van der Waals surface area contributed by atoms with Crippen molar-refractivity contribution in [1.82, 2.24) is 10.6 Å². The number of nitrogens with one attached hydrogen (secondary N) is 2. The van der Waals surface area contributed by atoms with Gasteiger partial charge in [0.05, 0.1) is 0 Å². The summed E-state index contributed by atoms with van der Waals surface area (Å²) in [5.41, 5.74) is 0. The average molecular weight is 232 g/mol. The predicted molar refractivity (Wildman–Crippen MR) is 72.9 cm³/mol. The number of hydrogen-bond donors (Lipinski definition) is 2. The number of rotatable bonds is 11. The smallest absolute Gasteiger partial charge is 0.00581 e. The molecule has 0 unspecified atom stereocenters. The topological polar surface area (TPSA) is 24.1 Å². The van der Waals surface area contributed by atoms with Crippen LogP contribution in [0.4, 0.5) is 0 Å². The van der Waals surface area contributed by atoms with Crippen LogP contribution in [0.15, 0.2) is 0 Å². The molecule has 0 rings (SSSR count). The SMILES string of the molecule is CCCCNCCSCCCNC(C)C. The lowest BCUT2D eigenvalue weighted by atomic mass is 10.3. The van der Waals surface area contributed by atoms with Crippen molar-refractivity contribution in [2.75, 3.05) is 31.1 Å². The summed E-state index contributed by atoms with van der Waals surface area (Å²) >= 11 is 2.06. The van der Waals surface area contributed by atoms with Gasteiger partial charge in [0.2, 0.25) is 0 Å². The number of unbranched alkanes of at least 4 members (excludes halogenated alkanes) is 1. The van der Waals surface area contributed by atoms with Gasteiger partial charge < -0.3 is 10.6 Å². The molecule has 0 saturated carbocycles. The van der Waals surface area contributed by atoms with Gasteiger partial charge in [-0.2, -0.15) is 11.8 Å². The van der Waals surface area contributed by atoms with Crippen molar-refractivity contribution in [3.8, 4) is 0 Å². The second-order valence-electron chi connectivity index (χ2n) is 4.18. The van der Waals surface area contributed by atoms with E-state index in [0.717, 1.165) is 6.54 Å². The van der Waals surface area contributed by atoms with E-state index >= 15 is 0 Å². The van der Waals surface area contributed by atoms with Gasteiger partial charge in [0, 0.05) is 18.3 Å². The van der Waals surface area contributed by atoms with Gasteiger partial charge in [-0.25, -0.2) is 0 Å². The highest BCUT2D eigenvalue weighted by molar-refractivity contribution is 7.99. The van der Waals surface area contributed by atoms with Gasteiger partial charge in [-0.05, 0) is 31.7 Å². The third-order valence-corrected chi connectivity index (χ3v) is 3.22. The Morgan fingerprint density at radius 3 is 2.47 bits per heavy atom. The maximum atomic E-state index is 3.46. The standard InChI is InChI=1S/C12H28N2S/c1-4-5-7-13-9-11-15-10-6-8-14-12(2)3/h12-14H,4-11H2,1-3H3. The quantitative estimate of drug-likeness (QED) is 0.535. The first-order chi connectivity index (χ1) is 7.27. The molecule has 0 amide bonds. The highest BCUT2D eigenvalue weighted by Gasteiger charge is 1.92. The summed E-state index contributed by atoms with van der Waals surface area (Å²) in [6.07, 6.45) is 3.89. The van der Waals surface area contributed by atoms with E-state index < -0.39 is 0 Å². The third-order valence-electron chi connectivity index (χ3n) is 2.15. The fourth-order valence-electron chi connectivity index (χ4n) is 1.24. The zero-order chi connectivity index (χ0) is 11.4. The maximum Gasteiger partial charge on any atom is 0.00581 e. The van der Waals surface area contributed by atoms with Crippen LogP contribution in [0.1, 0.15) is 40.0 Å². The average Bonchev–Trinajstić information content (AvgIpc) is 2.20. The van der Waals surface area contributed by atoms with Crippen molar-refractivity contribution in [2.45, 2.75) is 46.1 Å². The normalized spacial score (nSPS) is 11.2. The van der Waals surface area contributed by atoms with E-state index in [1.807, 2.05) is 0 Å². The zero-order valence-corrected chi connectivity index (χ0v) is 11.5. The largest absolute Gasteiger partial charge is 0.316 e. The van der Waals surface area contributed by atoms with Crippen molar-refractivity contribution >= 4 is 11.8 Å². The van der Waals surface area contributed by atoms with E-state index in [-0.39, 0.29) is 0 Å². The minimum Gasteiger partial charge on any atom is -0.316 e. The Morgan fingerprint density at radius 1 is 1.00 bits per heavy atom. The lowest BCUT2D eigenvalue weighted by molar-refractivity contribution is 0.585. The first-order valence-corrected chi connectivity index (χ1v) is 7.44. The van der Waals surface area contributed by atoms with Crippen LogP contribution >= 0.6 is 11.8 Å². The monoisotopic (exact) mass is 232 g/mol. The molecule has 0 radical (unpaired) electrons. The molecule has 2 N–H and O–H groups in total. The Morgan fingerprint density at radius 2 is 1.80 bits per heavy atom. The summed E-state index contributed by atoms with van der Waals surface area (Å²) in [6, 6.07) is 0.630. The van der Waals surface area contributed by atoms with Gasteiger partial charge in [0.25, 0.3) is 0 Å². The van der Waals surface area contributed by atoms with Crippen LogP contribution < -0.4 is 10.6 Å². The summed E-state index contributed by atoms with van der Waals surface area (Å²) in [5.74, 6) is 2.54. The molecule has 0 aromatic carbocycles. The van der Waals surface area contributed by atoms with E-state index in [9.17, 15) is 0 Å². The molecular formula is C12H28N2S. The molecule has 0 saturated heterocycles. The minimum absolute atomic E-state index is 0.630. The van der Waals surface area contributed by atoms with Gasteiger partial charge in [-0.1, -0.05) is 27.2 Å². The number of hydrogen-bond acceptors (Lipinski definition) is 3. The van der Waals surface area contributed by atoms with Crippen LogP contribution in [0.25, 0.3) is 0 Å². The summed E-state index contributed by atoms with van der Waals surface area (Å²) in [7, 11) is 0. The van der Waals surface area contributed by atoms with Gasteiger partial charge >= 0.3 is 0 Å². The first kappa shape index (κ1) is 15.3. The zero-order valence-electron chi connectivity index (χ0n) is 10.6. The van der Waals surface area contributed by atoms with Crippen LogP contribution in [0.5, 0.6) is 0 Å². The molecule has 15 heavy (non-hydrogen) atoms. The van der Waals surface area contributed by atoms with Crippen molar-refractivity contribution in [1.29, 1.82) is 0 Å². The molecule has 0 fully saturated rings. The molecule has 3 heteroatoms. The van der Waals surface area contributed by atoms with Crippen LogP contribution in [0.2, 0.25) is 0 Å². The van der Waals surface area contributed by atoms with Gasteiger partial charge in [-0.15, -0.1) is 0 Å². The molecule has 0 aliphatic heterocycles. The molecule has 92 valence electrons. The third kappa shape index (κ3) is 14.3. The summed E-state index contributed by atoms with van der Waals surface area (Å²) in [4.78, 5) is 0. The van der Waals surface area contributed by atoms with Crippen molar-refractivity contribution < 1.29 is 0 Å². The Labute approximate surface area is 100.0 Å². The van der Waals surface area contributed by atoms with E-state index in [1.54, 1.807) is 0 Å². The highest BCUT2D eigenvalue weighted by atomic mass is 32.2. The van der Waals surface area contributed by atoms with E-state index in [2.05, 4.69) is 43.2 Å². The van der Waals surface area contributed by atoms with Crippen LogP contribution in [-0.4, -0.2) is 37.2 Å². The fraction of sp³-hybridized carbons (Fsp3) is 1.00. The number of thioether (sulfide) groups is 1. The lowest BCUT2D eigenvalue weighted by Crippen LogP contribution is -2.24. The van der Waals surface area contributed by atoms with Crippen molar-refractivity contribution in [2.24, 2.45) is 0 Å². The Kier molecular flexibility index (Phi) is 12.6. The minimum atomic E-state index is 0.630. The van der Waals surface area contributed by atoms with Crippen LogP contribution in [0.3, 0.4) is 0 Å². The molecule has 2 nitrogen and oxygen atoms in total. The Balaban J connectivity index is 2.87. The molecule has 0 spiro atoms. The second kappa shape index (κ2) is 12.3. The maximum absolute atomic E-state index is 3.46. The lowest BCUT2D eigenvalue weighted by Gasteiger charge is -2.07. The van der Waals surface area contributed by atoms with E-state index in [0.29, 0.717) is 6.04 Å². The second-order valence-corrected chi connectivity index (χ2v) is 5.40. The summed E-state index contributed by atoms with van der Waals surface area (Å²) in [6.45, 7) is 10.1. The van der Waals surface area contributed by atoms with E-state index in [4.69, 9.17) is 0 Å². The van der Waals surface area contributed by atoms with Gasteiger partial charge in [0.1, 0.15) is 0 Å². The molecular weight excluding hydrogens is 204 g/mol. The highest BCUT2D eigenvalue weighted by Crippen LogP contribution is 2.00. The Hall–Kier alpha value is 0.270. The van der Waals surface area contributed by atoms with Crippen LogP contribution in [0, 0.1) is 0 Å². The molecule has 0 heterocycles. The Bertz CT molecular complexity index is 118. The molecule has 0 aromatic rings. The van der Waals surface area contributed by atoms with Crippen molar-refractivity contribution in [3.63, 3.8) is 0 Å². The first-order valence-electron chi connectivity index (χ1n) is 6.29. The van der Waals surface area contributed by atoms with Gasteiger partial charge in [0.15, 0.2) is 0 Å². The molecule has 0 bridgehead atoms. The van der Waals surface area contributed by atoms with Crippen LogP contribution in [-0.2, 0) is 0 Å². The fourth-order valence-corrected chi connectivity index (χ4v) is 2.08. The predicted octanol–water partition coefficient (Wildman–Crippen LogP) is 2.50. The van der Waals surface area contributed by atoms with Gasteiger partial charge in [-0.3, -0.25) is 0 Å².